The van der Waals surface area contributed by atoms with Gasteiger partial charge in [-0.05, 0) is 43.7 Å². The number of halogens is 1. The summed E-state index contributed by atoms with van der Waals surface area (Å²) in [5, 5.41) is 9.74. The summed E-state index contributed by atoms with van der Waals surface area (Å²) in [6, 6.07) is 4.35. The number of nitrogens with one attached hydrogen (secondary N) is 1. The van der Waals surface area contributed by atoms with Crippen LogP contribution in [0.1, 0.15) is 24.6 Å². The number of likely N-dealkylation sites (tertiary alicyclic amines) is 1. The first-order valence-electron chi connectivity index (χ1n) is 11.2. The number of carbonyl (C=O) groups is 1. The molecule has 2 aliphatic heterocycles. The number of aromatic nitrogens is 2. The van der Waals surface area contributed by atoms with Gasteiger partial charge in [0.15, 0.2) is 5.96 Å². The van der Waals surface area contributed by atoms with Crippen molar-refractivity contribution in [3.63, 3.8) is 0 Å². The van der Waals surface area contributed by atoms with E-state index in [9.17, 15) is 4.79 Å². The summed E-state index contributed by atoms with van der Waals surface area (Å²) in [5.74, 6) is 1.51. The third-order valence-corrected chi connectivity index (χ3v) is 6.78. The average Bonchev–Trinajstić information content (AvgIpc) is 3.43. The van der Waals surface area contributed by atoms with E-state index in [1.807, 2.05) is 29.5 Å². The fraction of sp³-hybridized carbons (Fsp3) is 0.591. The van der Waals surface area contributed by atoms with Gasteiger partial charge in [-0.3, -0.25) is 19.4 Å². The van der Waals surface area contributed by atoms with Gasteiger partial charge in [-0.2, -0.15) is 5.10 Å². The molecule has 0 bridgehead atoms. The van der Waals surface area contributed by atoms with Crippen molar-refractivity contribution < 1.29 is 4.79 Å². The molecule has 0 aliphatic carbocycles. The van der Waals surface area contributed by atoms with Crippen molar-refractivity contribution in [3.05, 3.63) is 34.8 Å². The Balaban J connectivity index is 0.00000289. The van der Waals surface area contributed by atoms with E-state index in [0.29, 0.717) is 19.0 Å². The topological polar surface area (TPSA) is 69.0 Å². The molecule has 2 aliphatic rings. The summed E-state index contributed by atoms with van der Waals surface area (Å²) in [7, 11) is 1.87. The number of amides is 1. The Labute approximate surface area is 211 Å². The van der Waals surface area contributed by atoms with E-state index in [-0.39, 0.29) is 29.9 Å². The minimum atomic E-state index is 0. The second-order valence-corrected chi connectivity index (χ2v) is 9.39. The molecule has 2 aromatic rings. The summed E-state index contributed by atoms with van der Waals surface area (Å²) in [5.41, 5.74) is 0.863. The Hall–Kier alpha value is -1.66. The van der Waals surface area contributed by atoms with Gasteiger partial charge in [0, 0.05) is 57.4 Å². The van der Waals surface area contributed by atoms with Crippen LogP contribution in [0.3, 0.4) is 0 Å². The smallest absolute Gasteiger partial charge is 0.246 e. The van der Waals surface area contributed by atoms with E-state index in [4.69, 9.17) is 4.99 Å². The van der Waals surface area contributed by atoms with Crippen LogP contribution < -0.4 is 10.2 Å². The van der Waals surface area contributed by atoms with Gasteiger partial charge in [0.25, 0.3) is 0 Å². The third-order valence-electron chi connectivity index (χ3n) is 5.92. The van der Waals surface area contributed by atoms with Crippen LogP contribution >= 0.6 is 35.3 Å². The molecule has 32 heavy (non-hydrogen) atoms. The largest absolute Gasteiger partial charge is 0.357 e. The lowest BCUT2D eigenvalue weighted by molar-refractivity contribution is -0.120. The SMILES string of the molecule is CCNC(=NCC1CCCN(Cc2cccs2)C1)N1CCN(c2cnn(C)c2)C(=O)C1.I. The number of hydrogen-bond acceptors (Lipinski definition) is 5. The van der Waals surface area contributed by atoms with Gasteiger partial charge in [0.05, 0.1) is 11.9 Å². The minimum absolute atomic E-state index is 0. The molecule has 0 saturated carbocycles. The Morgan fingerprint density at radius 2 is 2.22 bits per heavy atom. The van der Waals surface area contributed by atoms with Crippen molar-refractivity contribution in [2.24, 2.45) is 18.0 Å². The van der Waals surface area contributed by atoms with E-state index in [0.717, 1.165) is 44.4 Å². The molecule has 0 spiro atoms. The molecule has 4 heterocycles. The van der Waals surface area contributed by atoms with Crippen LogP contribution in [0, 0.1) is 5.92 Å². The maximum absolute atomic E-state index is 12.8. The molecule has 1 unspecified atom stereocenters. The fourth-order valence-electron chi connectivity index (χ4n) is 4.38. The molecule has 1 N–H and O–H groups in total. The molecule has 176 valence electrons. The highest BCUT2D eigenvalue weighted by molar-refractivity contribution is 14.0. The fourth-order valence-corrected chi connectivity index (χ4v) is 5.13. The lowest BCUT2D eigenvalue weighted by Crippen LogP contribution is -2.55. The van der Waals surface area contributed by atoms with E-state index in [1.54, 1.807) is 10.9 Å². The summed E-state index contributed by atoms with van der Waals surface area (Å²) >= 11 is 1.83. The van der Waals surface area contributed by atoms with Gasteiger partial charge >= 0.3 is 0 Å². The molecule has 0 aromatic carbocycles. The van der Waals surface area contributed by atoms with E-state index in [2.05, 4.69) is 44.7 Å². The third kappa shape index (κ3) is 6.44. The van der Waals surface area contributed by atoms with Crippen LogP contribution in [0.4, 0.5) is 5.69 Å². The van der Waals surface area contributed by atoms with Crippen LogP contribution in [0.15, 0.2) is 34.9 Å². The Morgan fingerprint density at radius 1 is 1.34 bits per heavy atom. The van der Waals surface area contributed by atoms with E-state index < -0.39 is 0 Å². The number of guanidine groups is 1. The number of aryl methyl sites for hydroxylation is 1. The van der Waals surface area contributed by atoms with Crippen molar-refractivity contribution in [3.8, 4) is 0 Å². The summed E-state index contributed by atoms with van der Waals surface area (Å²) in [6.45, 7) is 8.74. The molecule has 0 radical (unpaired) electrons. The lowest BCUT2D eigenvalue weighted by atomic mass is 9.98. The van der Waals surface area contributed by atoms with E-state index in [1.165, 1.54) is 24.3 Å². The zero-order valence-corrected chi connectivity index (χ0v) is 22.1. The van der Waals surface area contributed by atoms with Crippen LogP contribution in [0.5, 0.6) is 0 Å². The van der Waals surface area contributed by atoms with Gasteiger partial charge in [0.1, 0.15) is 6.54 Å². The molecule has 2 aromatic heterocycles. The number of nitrogens with zero attached hydrogens (tertiary/aromatic N) is 6. The summed E-state index contributed by atoms with van der Waals surface area (Å²) in [6.07, 6.45) is 6.08. The second kappa shape index (κ2) is 12.0. The first-order chi connectivity index (χ1) is 15.1. The minimum Gasteiger partial charge on any atom is -0.357 e. The molecule has 2 saturated heterocycles. The quantitative estimate of drug-likeness (QED) is 0.328. The maximum Gasteiger partial charge on any atom is 0.246 e. The van der Waals surface area contributed by atoms with Crippen LogP contribution in [-0.4, -0.2) is 77.3 Å². The zero-order chi connectivity index (χ0) is 21.6. The van der Waals surface area contributed by atoms with Gasteiger partial charge in [-0.1, -0.05) is 6.07 Å². The Morgan fingerprint density at radius 3 is 2.91 bits per heavy atom. The van der Waals surface area contributed by atoms with Crippen molar-refractivity contribution in [1.82, 2.24) is 24.9 Å². The predicted molar refractivity (Wildman–Crippen MR) is 141 cm³/mol. The highest BCUT2D eigenvalue weighted by Crippen LogP contribution is 2.21. The molecule has 2 fully saturated rings. The number of thiophene rings is 1. The highest BCUT2D eigenvalue weighted by atomic mass is 127. The standard InChI is InChI=1S/C22H33N7OS.HI/c1-3-23-22(28-9-10-29(21(30)17-28)19-13-25-26(2)15-19)24-12-18-6-4-8-27(14-18)16-20-7-5-11-31-20;/h5,7,11,13,15,18H,3-4,6,8-10,12,14,16-17H2,1-2H3,(H,23,24);1H. The van der Waals surface area contributed by atoms with Gasteiger partial charge in [-0.15, -0.1) is 35.3 Å². The van der Waals surface area contributed by atoms with Crippen molar-refractivity contribution in [1.29, 1.82) is 0 Å². The highest BCUT2D eigenvalue weighted by Gasteiger charge is 2.28. The first-order valence-corrected chi connectivity index (χ1v) is 12.1. The van der Waals surface area contributed by atoms with Gasteiger partial charge in [0.2, 0.25) is 5.91 Å². The number of piperidine rings is 1. The van der Waals surface area contributed by atoms with Crippen molar-refractivity contribution in [2.45, 2.75) is 26.3 Å². The van der Waals surface area contributed by atoms with Crippen molar-refractivity contribution >= 4 is 52.9 Å². The van der Waals surface area contributed by atoms with Crippen LogP contribution in [-0.2, 0) is 18.4 Å². The van der Waals surface area contributed by atoms with Crippen LogP contribution in [0.2, 0.25) is 0 Å². The number of carbonyl (C=O) groups excluding carboxylic acids is 1. The monoisotopic (exact) mass is 571 g/mol. The molecule has 8 nitrogen and oxygen atoms in total. The molecule has 1 amide bonds. The summed E-state index contributed by atoms with van der Waals surface area (Å²) < 4.78 is 1.73. The Bertz CT molecular complexity index is 885. The van der Waals surface area contributed by atoms with E-state index >= 15 is 0 Å². The maximum atomic E-state index is 12.8. The second-order valence-electron chi connectivity index (χ2n) is 8.36. The molecule has 10 heteroatoms. The number of anilines is 1. The molecule has 4 rings (SSSR count). The van der Waals surface area contributed by atoms with Gasteiger partial charge in [-0.25, -0.2) is 0 Å². The zero-order valence-electron chi connectivity index (χ0n) is 18.9. The Kier molecular flexibility index (Phi) is 9.35. The van der Waals surface area contributed by atoms with Gasteiger partial charge < -0.3 is 15.1 Å². The molecular weight excluding hydrogens is 537 g/mol. The normalized spacial score (nSPS) is 20.4. The number of piperazine rings is 1. The average molecular weight is 572 g/mol. The van der Waals surface area contributed by atoms with Crippen LogP contribution in [0.25, 0.3) is 0 Å². The van der Waals surface area contributed by atoms with Crippen molar-refractivity contribution in [2.75, 3.05) is 50.7 Å². The molecule has 1 atom stereocenters. The number of aliphatic imine (C=N–C) groups is 1. The summed E-state index contributed by atoms with van der Waals surface area (Å²) in [4.78, 5) is 25.6. The number of rotatable bonds is 6. The number of hydrogen-bond donors (Lipinski definition) is 1. The molecular formula is C22H34IN7OS. The first kappa shape index (κ1) is 25.0. The lowest BCUT2D eigenvalue weighted by Gasteiger charge is -2.36. The predicted octanol–water partition coefficient (Wildman–Crippen LogP) is 2.63.